The number of rotatable bonds is 7. The normalized spacial score (nSPS) is 11.3. The first-order chi connectivity index (χ1) is 12.6. The summed E-state index contributed by atoms with van der Waals surface area (Å²) in [6.45, 7) is 2.55. The van der Waals surface area contributed by atoms with Crippen LogP contribution in [0.5, 0.6) is 0 Å². The number of esters is 1. The third-order valence-corrected chi connectivity index (χ3v) is 5.47. The van der Waals surface area contributed by atoms with Gasteiger partial charge in [-0.05, 0) is 32.0 Å². The number of ether oxygens (including phenoxy) is 1. The molecule has 0 aromatic heterocycles. The lowest BCUT2D eigenvalue weighted by Gasteiger charge is -2.24. The average molecular weight is 413 g/mol. The second-order valence-electron chi connectivity index (χ2n) is 5.76. The molecule has 2 rings (SSSR count). The second kappa shape index (κ2) is 8.36. The topological polar surface area (TPSA) is 107 Å². The van der Waals surface area contributed by atoms with Crippen LogP contribution in [0, 0.1) is 10.1 Å². The Morgan fingerprint density at radius 2 is 1.85 bits per heavy atom. The third-order valence-electron chi connectivity index (χ3n) is 3.38. The van der Waals surface area contributed by atoms with Crippen LogP contribution in [-0.2, 0) is 19.6 Å². The summed E-state index contributed by atoms with van der Waals surface area (Å²) in [5.41, 5.74) is -0.546. The SMILES string of the molecule is CC(C)OC(=O)CN(c1cc([N+](=O)[O-])ccc1Cl)S(=O)(=O)c1ccccc1. The Hall–Kier alpha value is -2.65. The van der Waals surface area contributed by atoms with E-state index in [1.54, 1.807) is 19.9 Å². The van der Waals surface area contributed by atoms with Crippen molar-refractivity contribution in [3.05, 3.63) is 63.7 Å². The van der Waals surface area contributed by atoms with Crippen LogP contribution in [0.2, 0.25) is 5.02 Å². The molecule has 10 heteroatoms. The first-order valence-electron chi connectivity index (χ1n) is 7.84. The molecule has 0 heterocycles. The van der Waals surface area contributed by atoms with Gasteiger partial charge >= 0.3 is 5.97 Å². The quantitative estimate of drug-likeness (QED) is 0.392. The molecular weight excluding hydrogens is 396 g/mol. The van der Waals surface area contributed by atoms with Crippen molar-refractivity contribution < 1.29 is 22.9 Å². The van der Waals surface area contributed by atoms with E-state index in [2.05, 4.69) is 0 Å². The number of benzene rings is 2. The monoisotopic (exact) mass is 412 g/mol. The van der Waals surface area contributed by atoms with Crippen LogP contribution in [0.15, 0.2) is 53.4 Å². The Bertz CT molecular complexity index is 947. The number of carbonyl (C=O) groups is 1. The highest BCUT2D eigenvalue weighted by molar-refractivity contribution is 7.92. The summed E-state index contributed by atoms with van der Waals surface area (Å²) in [6, 6.07) is 10.7. The summed E-state index contributed by atoms with van der Waals surface area (Å²) < 4.78 is 31.9. The Balaban J connectivity index is 2.59. The van der Waals surface area contributed by atoms with Gasteiger partial charge in [-0.15, -0.1) is 0 Å². The van der Waals surface area contributed by atoms with E-state index in [1.165, 1.54) is 30.3 Å². The van der Waals surface area contributed by atoms with Gasteiger partial charge in [0.25, 0.3) is 15.7 Å². The lowest BCUT2D eigenvalue weighted by molar-refractivity contribution is -0.384. The van der Waals surface area contributed by atoms with Gasteiger partial charge in [-0.1, -0.05) is 29.8 Å². The smallest absolute Gasteiger partial charge is 0.327 e. The van der Waals surface area contributed by atoms with Crippen molar-refractivity contribution in [2.75, 3.05) is 10.8 Å². The average Bonchev–Trinajstić information content (AvgIpc) is 2.60. The van der Waals surface area contributed by atoms with E-state index in [-0.39, 0.29) is 21.3 Å². The highest BCUT2D eigenvalue weighted by Crippen LogP contribution is 2.33. The number of anilines is 1. The van der Waals surface area contributed by atoms with E-state index in [4.69, 9.17) is 16.3 Å². The molecule has 0 atom stereocenters. The second-order valence-corrected chi connectivity index (χ2v) is 8.03. The zero-order valence-corrected chi connectivity index (χ0v) is 16.1. The number of hydrogen-bond donors (Lipinski definition) is 0. The van der Waals surface area contributed by atoms with Crippen LogP contribution in [0.3, 0.4) is 0 Å². The van der Waals surface area contributed by atoms with Crippen LogP contribution in [0.4, 0.5) is 11.4 Å². The third kappa shape index (κ3) is 4.95. The van der Waals surface area contributed by atoms with E-state index >= 15 is 0 Å². The van der Waals surface area contributed by atoms with E-state index < -0.39 is 33.6 Å². The number of nitro groups is 1. The molecule has 0 radical (unpaired) electrons. The van der Waals surface area contributed by atoms with Crippen LogP contribution in [0.1, 0.15) is 13.8 Å². The maximum atomic E-state index is 13.1. The Kier molecular flexibility index (Phi) is 6.40. The minimum Gasteiger partial charge on any atom is -0.462 e. The molecule has 0 aliphatic carbocycles. The van der Waals surface area contributed by atoms with Gasteiger partial charge in [0.1, 0.15) is 6.54 Å². The maximum Gasteiger partial charge on any atom is 0.327 e. The van der Waals surface area contributed by atoms with E-state index in [0.717, 1.165) is 12.1 Å². The number of sulfonamides is 1. The van der Waals surface area contributed by atoms with Gasteiger partial charge in [0.05, 0.1) is 26.6 Å². The number of non-ortho nitro benzene ring substituents is 1. The molecule has 0 saturated heterocycles. The molecule has 0 N–H and O–H groups in total. The molecule has 0 aliphatic heterocycles. The van der Waals surface area contributed by atoms with Crippen molar-refractivity contribution in [2.45, 2.75) is 24.8 Å². The van der Waals surface area contributed by atoms with Gasteiger partial charge in [0.15, 0.2) is 0 Å². The molecular formula is C17H17ClN2O6S. The van der Waals surface area contributed by atoms with Crippen molar-refractivity contribution >= 4 is 39.0 Å². The lowest BCUT2D eigenvalue weighted by atomic mass is 10.3. The van der Waals surface area contributed by atoms with Gasteiger partial charge in [-0.3, -0.25) is 19.2 Å². The molecule has 144 valence electrons. The summed E-state index contributed by atoms with van der Waals surface area (Å²) >= 11 is 6.10. The zero-order chi connectivity index (χ0) is 20.2. The molecule has 0 spiro atoms. The number of carbonyl (C=O) groups excluding carboxylic acids is 1. The first kappa shape index (κ1) is 20.7. The van der Waals surface area contributed by atoms with Crippen molar-refractivity contribution in [3.8, 4) is 0 Å². The fourth-order valence-corrected chi connectivity index (χ4v) is 3.95. The summed E-state index contributed by atoms with van der Waals surface area (Å²) in [7, 11) is -4.22. The van der Waals surface area contributed by atoms with Crippen LogP contribution in [0.25, 0.3) is 0 Å². The van der Waals surface area contributed by atoms with Crippen molar-refractivity contribution in [3.63, 3.8) is 0 Å². The summed E-state index contributed by atoms with van der Waals surface area (Å²) in [6.07, 6.45) is -0.459. The molecule has 0 bridgehead atoms. The molecule has 0 unspecified atom stereocenters. The number of nitro benzene ring substituents is 1. The predicted octanol–water partition coefficient (Wildman–Crippen LogP) is 3.40. The number of nitrogens with zero attached hydrogens (tertiary/aromatic N) is 2. The molecule has 27 heavy (non-hydrogen) atoms. The van der Waals surface area contributed by atoms with Gasteiger partial charge < -0.3 is 4.74 Å². The van der Waals surface area contributed by atoms with Crippen LogP contribution >= 0.6 is 11.6 Å². The fraction of sp³-hybridized carbons (Fsp3) is 0.235. The van der Waals surface area contributed by atoms with Crippen LogP contribution < -0.4 is 4.31 Å². The van der Waals surface area contributed by atoms with E-state index in [1.807, 2.05) is 0 Å². The molecule has 0 saturated carbocycles. The summed E-state index contributed by atoms with van der Waals surface area (Å²) in [5, 5.41) is 11.0. The summed E-state index contributed by atoms with van der Waals surface area (Å²) in [5.74, 6) is -0.813. The van der Waals surface area contributed by atoms with E-state index in [0.29, 0.717) is 4.31 Å². The first-order valence-corrected chi connectivity index (χ1v) is 9.66. The van der Waals surface area contributed by atoms with Crippen LogP contribution in [-0.4, -0.2) is 32.0 Å². The summed E-state index contributed by atoms with van der Waals surface area (Å²) in [4.78, 5) is 22.4. The lowest BCUT2D eigenvalue weighted by Crippen LogP contribution is -2.37. The largest absolute Gasteiger partial charge is 0.462 e. The molecule has 8 nitrogen and oxygen atoms in total. The Morgan fingerprint density at radius 1 is 1.22 bits per heavy atom. The molecule has 0 amide bonds. The standard InChI is InChI=1S/C17H17ClN2O6S/c1-12(2)26-17(21)11-19(27(24,25)14-6-4-3-5-7-14)16-10-13(20(22)23)8-9-15(16)18/h3-10,12H,11H2,1-2H3. The minimum atomic E-state index is -4.22. The molecule has 0 fully saturated rings. The predicted molar refractivity (Wildman–Crippen MR) is 100 cm³/mol. The number of halogens is 1. The van der Waals surface area contributed by atoms with E-state index in [9.17, 15) is 23.3 Å². The Labute approximate surface area is 161 Å². The maximum absolute atomic E-state index is 13.1. The molecule has 2 aromatic rings. The minimum absolute atomic E-state index is 0.0579. The highest BCUT2D eigenvalue weighted by Gasteiger charge is 2.30. The van der Waals surface area contributed by atoms with Gasteiger partial charge in [0.2, 0.25) is 0 Å². The molecule has 0 aliphatic rings. The fourth-order valence-electron chi connectivity index (χ4n) is 2.24. The van der Waals surface area contributed by atoms with Gasteiger partial charge in [0, 0.05) is 12.1 Å². The number of hydrogen-bond acceptors (Lipinski definition) is 6. The van der Waals surface area contributed by atoms with Crippen molar-refractivity contribution in [1.29, 1.82) is 0 Å². The van der Waals surface area contributed by atoms with Gasteiger partial charge in [-0.25, -0.2) is 8.42 Å². The zero-order valence-electron chi connectivity index (χ0n) is 14.5. The van der Waals surface area contributed by atoms with Crippen molar-refractivity contribution in [1.82, 2.24) is 0 Å². The van der Waals surface area contributed by atoms with Crippen molar-refractivity contribution in [2.24, 2.45) is 0 Å². The highest BCUT2D eigenvalue weighted by atomic mass is 35.5. The van der Waals surface area contributed by atoms with Gasteiger partial charge in [-0.2, -0.15) is 0 Å². The Morgan fingerprint density at radius 3 is 2.41 bits per heavy atom. The molecule has 2 aromatic carbocycles.